The Morgan fingerprint density at radius 2 is 0.603 bits per heavy atom. The van der Waals surface area contributed by atoms with Crippen LogP contribution in [0.3, 0.4) is 0 Å². The lowest BCUT2D eigenvalue weighted by atomic mass is 10.1. The van der Waals surface area contributed by atoms with Crippen LogP contribution >= 0.6 is 0 Å². The van der Waals surface area contributed by atoms with Gasteiger partial charge in [-0.3, -0.25) is 42.0 Å². The predicted molar refractivity (Wildman–Crippen MR) is 512 cm³/mol. The van der Waals surface area contributed by atoms with Crippen LogP contribution in [0.15, 0.2) is 146 Å². The first-order valence-corrected chi connectivity index (χ1v) is 58.2. The molecule has 0 unspecified atom stereocenters. The number of nitrogens with one attached hydrogen (secondary N) is 2. The molecule has 12 atom stereocenters. The van der Waals surface area contributed by atoms with Gasteiger partial charge >= 0.3 is 29.8 Å². The van der Waals surface area contributed by atoms with Crippen LogP contribution in [0.25, 0.3) is 0 Å². The van der Waals surface area contributed by atoms with Gasteiger partial charge in [-0.05, 0) is 180 Å². The summed E-state index contributed by atoms with van der Waals surface area (Å²) in [5.41, 5.74) is 5.79. The number of nitrogens with zero attached hydrogens (tertiary/aromatic N) is 8. The predicted octanol–water partition coefficient (Wildman–Crippen LogP) is 1.06. The van der Waals surface area contributed by atoms with Gasteiger partial charge in [0.25, 0.3) is 20.2 Å². The Bertz CT molecular complexity index is 5980. The summed E-state index contributed by atoms with van der Waals surface area (Å²) in [4.78, 5) is 73.6. The van der Waals surface area contributed by atoms with E-state index in [-0.39, 0.29) is 114 Å². The number of rotatable bonds is 36. The summed E-state index contributed by atoms with van der Waals surface area (Å²) < 4.78 is 289. The van der Waals surface area contributed by atoms with Crippen molar-refractivity contribution in [3.63, 3.8) is 0 Å². The Balaban J connectivity index is 0.000000261. The van der Waals surface area contributed by atoms with Gasteiger partial charge in [-0.2, -0.15) is 47.0 Å². The van der Waals surface area contributed by atoms with Crippen LogP contribution in [0.1, 0.15) is 78.6 Å². The van der Waals surface area contributed by atoms with Gasteiger partial charge in [-0.1, -0.05) is 20.8 Å². The quantitative estimate of drug-likeness (QED) is 0.0287. The molecule has 0 saturated carbocycles. The molecule has 0 aliphatic carbocycles. The average molecular weight is 2170 g/mol. The summed E-state index contributed by atoms with van der Waals surface area (Å²) in [5, 5.41) is 5.75. The van der Waals surface area contributed by atoms with Crippen molar-refractivity contribution in [3.05, 3.63) is 121 Å². The van der Waals surface area contributed by atoms with Crippen molar-refractivity contribution in [2.45, 2.75) is 176 Å². The van der Waals surface area contributed by atoms with Crippen molar-refractivity contribution in [2.75, 3.05) is 169 Å². The lowest BCUT2D eigenvalue weighted by Gasteiger charge is -2.26. The number of carbonyl (C=O) groups is 6. The van der Waals surface area contributed by atoms with E-state index in [2.05, 4.69) is 24.8 Å². The minimum Gasteiger partial charge on any atom is -0.497 e. The molecule has 6 fully saturated rings. The molecule has 6 aliphatic heterocycles. The topological polar surface area (TPSA) is 596 Å². The monoisotopic (exact) mass is 2170 g/mol. The maximum atomic E-state index is 13.2. The first-order valence-electron chi connectivity index (χ1n) is 43.7. The van der Waals surface area contributed by atoms with Crippen LogP contribution in [0, 0.1) is 0 Å². The maximum Gasteiger partial charge on any atom is 0.324 e. The van der Waals surface area contributed by atoms with Gasteiger partial charge in [0.05, 0.1) is 133 Å². The van der Waals surface area contributed by atoms with Crippen LogP contribution in [-0.2, 0) is 151 Å². The number of amides is 1. The van der Waals surface area contributed by atoms with Crippen LogP contribution in [0.4, 0.5) is 0 Å². The second kappa shape index (κ2) is 52.7. The molecule has 0 spiro atoms. The molecule has 141 heavy (non-hydrogen) atoms. The molecule has 6 saturated heterocycles. The standard InChI is InChI=1S/C17H27N3O6S2.C17H26N2O7S2.C16H24N2O5S.C14H19NO8S2.C13H18N2O5S.C8H15NO5S/c1-5-10-19(27(4,22)23)13-11-16(17(21)18-2)20(12-13)28(24,25)15-8-6-14(26-3)7-9-15;1-5-10-18(27(4,21)22)13-11-16(17(20)26-3)19(12-13)28(23,24)15-8-6-14(25-2)7-9-15;1-4-9-17-12-10-15(16(19)23-3)18(11-12)24(20,21)14-7-5-13(22-2)6-8-14;1-21-10-4-6-12(7-5-10)25(19,20)15-9-11(23-24(3,17)18)8-13(15)14(16)22-2;1-19-10-3-5-11(6-4-10)21(17,18)15-8-9(14)7-12(15)13(16)20-2;1-9-5-6(14-15(3,11)12)4-7(9)8(10)13-2/h6-9,13,16H,5,10-12H2,1-4H3,(H,18,21);6-9,13,16H,5,10-12H2,1-4H3;5-8,12,15,17H,4,9-11H2,1-3H3;4-7,11,13H,8-9H2,1-3H3;3-6,9,12H,7-8,14H2,1-2H3;6-7H,4-5H2,1-3H3/t2*13-,16+;12-,15+;11-,13-;9-,12+;6-,7-/m000101/s1. The van der Waals surface area contributed by atoms with Gasteiger partial charge in [0, 0.05) is 96.4 Å². The summed E-state index contributed by atoms with van der Waals surface area (Å²) >= 11 is 0. The summed E-state index contributed by atoms with van der Waals surface area (Å²) in [5.74, 6) is -0.862. The maximum absolute atomic E-state index is 13.2. The van der Waals surface area contributed by atoms with Gasteiger partial charge in [-0.25, -0.2) is 58.9 Å². The number of methoxy groups -OCH3 is 10. The van der Waals surface area contributed by atoms with E-state index in [1.54, 1.807) is 36.2 Å². The summed E-state index contributed by atoms with van der Waals surface area (Å²) in [7, 11) is -17.4. The zero-order valence-electron chi connectivity index (χ0n) is 81.7. The van der Waals surface area contributed by atoms with Gasteiger partial charge in [0.2, 0.25) is 76.1 Å². The van der Waals surface area contributed by atoms with Crippen molar-refractivity contribution in [3.8, 4) is 28.7 Å². The van der Waals surface area contributed by atoms with Crippen molar-refractivity contribution in [1.82, 2.24) is 45.7 Å². The van der Waals surface area contributed by atoms with E-state index >= 15 is 0 Å². The number of sulfonamides is 7. The highest BCUT2D eigenvalue weighted by molar-refractivity contribution is 7.91. The summed E-state index contributed by atoms with van der Waals surface area (Å²) in [6.45, 7) is 7.25. The van der Waals surface area contributed by atoms with Gasteiger partial charge < -0.3 is 63.7 Å². The van der Waals surface area contributed by atoms with Crippen molar-refractivity contribution in [1.29, 1.82) is 0 Å². The second-order valence-corrected chi connectivity index (χ2v) is 49.3. The lowest BCUT2D eigenvalue weighted by molar-refractivity contribution is -0.146. The molecule has 0 bridgehead atoms. The molecule has 4 N–H and O–H groups in total. The van der Waals surface area contributed by atoms with Gasteiger partial charge in [-0.15, -0.1) is 0 Å². The molecule has 794 valence electrons. The Kier molecular flexibility index (Phi) is 45.1. The Hall–Kier alpha value is -9.01. The fourth-order valence-corrected chi connectivity index (χ4v) is 28.0. The van der Waals surface area contributed by atoms with E-state index in [0.717, 1.165) is 62.3 Å². The number of ether oxygens (including phenoxy) is 10. The number of carbonyl (C=O) groups excluding carboxylic acids is 6. The van der Waals surface area contributed by atoms with E-state index in [1.807, 2.05) is 20.8 Å². The highest BCUT2D eigenvalue weighted by atomic mass is 32.2. The van der Waals surface area contributed by atoms with Crippen molar-refractivity contribution >= 4 is 126 Å². The van der Waals surface area contributed by atoms with E-state index in [4.69, 9.17) is 47.3 Å². The second-order valence-electron chi connectivity index (χ2n) is 32.7. The molecule has 0 aromatic heterocycles. The van der Waals surface area contributed by atoms with Gasteiger partial charge in [0.1, 0.15) is 65.0 Å². The number of esters is 5. The molecule has 1 amide bonds. The smallest absolute Gasteiger partial charge is 0.324 e. The first-order chi connectivity index (χ1) is 65.9. The third-order valence-electron chi connectivity index (χ3n) is 22.8. The molecule has 5 aromatic carbocycles. The van der Waals surface area contributed by atoms with E-state index < -0.39 is 181 Å². The zero-order chi connectivity index (χ0) is 106. The van der Waals surface area contributed by atoms with E-state index in [9.17, 15) is 105 Å². The van der Waals surface area contributed by atoms with E-state index in [1.165, 1.54) is 181 Å². The third kappa shape index (κ3) is 32.5. The fourth-order valence-electron chi connectivity index (χ4n) is 16.1. The minimum absolute atomic E-state index is 0.00995. The number of hydrogen-bond donors (Lipinski definition) is 3. The lowest BCUT2D eigenvalue weighted by Crippen LogP contribution is -2.45. The zero-order valence-corrected chi connectivity index (χ0v) is 89.1. The molecule has 56 heteroatoms. The molecular formula is C85H129N11O36S9. The van der Waals surface area contributed by atoms with Crippen LogP contribution in [0.2, 0.25) is 0 Å². The van der Waals surface area contributed by atoms with Crippen molar-refractivity contribution < 1.29 is 160 Å². The molecule has 47 nitrogen and oxygen atoms in total. The Morgan fingerprint density at radius 3 is 0.894 bits per heavy atom. The SMILES string of the molecule is CCCN([C@H]1C[C@H](C(=O)NC)N(S(=O)(=O)c2ccc(OC)cc2)C1)S(C)(=O)=O.CCCN([C@H]1C[C@H](C(=O)OC)N(S(=O)(=O)c2ccc(OC)cc2)C1)S(C)(=O)=O.CCCN[C@H]1C[C@H](C(=O)OC)N(S(=O)(=O)c2ccc(OC)cc2)C1.COC(=O)[C@H]1C[C@@H](OS(C)(=O)=O)CN1C.COC(=O)[C@H]1C[C@@H](OS(C)(=O)=O)CN1S(=O)(=O)c1ccc(OC)cc1.COC(=O)[C@H]1C[C@H](N)CN1S(=O)(=O)c1ccc(OC)cc1. The first kappa shape index (κ1) is 121. The molecule has 11 rings (SSSR count). The Labute approximate surface area is 827 Å². The number of nitrogens with two attached hydrogens (primary N) is 1. The molecule has 6 heterocycles. The minimum atomic E-state index is -4.05. The molecular weight excluding hydrogens is 2040 g/mol. The number of likely N-dealkylation sites (tertiary alicyclic amines) is 1. The molecule has 6 aliphatic rings. The largest absolute Gasteiger partial charge is 0.497 e. The fraction of sp³-hybridized carbons (Fsp3) is 0.576. The van der Waals surface area contributed by atoms with Crippen LogP contribution in [-0.4, -0.2) is 388 Å². The Morgan fingerprint density at radius 1 is 0.340 bits per heavy atom. The molecule has 0 radical (unpaired) electrons. The van der Waals surface area contributed by atoms with Crippen LogP contribution < -0.4 is 40.1 Å². The van der Waals surface area contributed by atoms with Gasteiger partial charge in [0.15, 0.2) is 0 Å². The molecule has 5 aromatic rings. The highest BCUT2D eigenvalue weighted by Gasteiger charge is 2.52. The summed E-state index contributed by atoms with van der Waals surface area (Å²) in [6, 6.07) is 22.3. The highest BCUT2D eigenvalue weighted by Crippen LogP contribution is 2.37. The van der Waals surface area contributed by atoms with E-state index in [0.29, 0.717) is 61.0 Å². The number of hydrogen-bond acceptors (Lipinski definition) is 39. The normalized spacial score (nSPS) is 22.3. The average Bonchev–Trinajstić information content (AvgIpc) is 1.63. The third-order valence-corrected chi connectivity index (χ3v) is 36.2. The van der Waals surface area contributed by atoms with Crippen LogP contribution in [0.5, 0.6) is 28.7 Å². The number of likely N-dealkylation sites (N-methyl/N-ethyl adjacent to an activating group) is 2. The number of benzene rings is 5. The van der Waals surface area contributed by atoms with Crippen molar-refractivity contribution in [2.24, 2.45) is 5.73 Å². The summed E-state index contributed by atoms with van der Waals surface area (Å²) in [6.07, 6.45) is 5.71.